The van der Waals surface area contributed by atoms with Crippen molar-refractivity contribution in [2.45, 2.75) is 237 Å². The normalized spacial score (nSPS) is 46.4. The molecule has 0 aromatic carbocycles. The summed E-state index contributed by atoms with van der Waals surface area (Å²) in [6.45, 7) is 19.5. The highest BCUT2D eigenvalue weighted by atomic mass is 19.1. The average Bonchev–Trinajstić information content (AvgIpc) is 3.54. The third-order valence-corrected chi connectivity index (χ3v) is 19.5. The molecule has 0 bridgehead atoms. The molecule has 5 fully saturated rings. The molecule has 0 aromatic heterocycles. The number of hydrogen-bond donors (Lipinski definition) is 5. The molecule has 3 unspecified atom stereocenters. The minimum atomic E-state index is -2.14. The fraction of sp³-hybridized carbons (Fsp3) is 0.842. The van der Waals surface area contributed by atoms with Crippen molar-refractivity contribution in [2.24, 2.45) is 40.4 Å². The van der Waals surface area contributed by atoms with Crippen molar-refractivity contribution in [2.75, 3.05) is 27.7 Å². The second kappa shape index (κ2) is 23.0. The quantitative estimate of drug-likeness (QED) is 0.0990. The topological polar surface area (TPSA) is 248 Å². The van der Waals surface area contributed by atoms with E-state index in [2.05, 4.69) is 0 Å². The maximum absolute atomic E-state index is 17.7. The summed E-state index contributed by atoms with van der Waals surface area (Å²) in [7, 11) is 5.43. The van der Waals surface area contributed by atoms with Crippen molar-refractivity contribution in [1.82, 2.24) is 9.80 Å². The van der Waals surface area contributed by atoms with Gasteiger partial charge >= 0.3 is 23.9 Å². The molecular weight excluding hydrogens is 988 g/mol. The molecule has 76 heavy (non-hydrogen) atoms. The number of ether oxygens (including phenoxy) is 6. The Labute approximate surface area is 449 Å². The number of allylic oxidation sites excluding steroid dienone is 4. The maximum atomic E-state index is 17.7. The Hall–Kier alpha value is -3.40. The van der Waals surface area contributed by atoms with Gasteiger partial charge in [-0.1, -0.05) is 39.3 Å². The molecule has 19 heteroatoms. The van der Waals surface area contributed by atoms with Crippen LogP contribution < -0.4 is 0 Å². The van der Waals surface area contributed by atoms with E-state index in [1.165, 1.54) is 32.9 Å². The second-order valence-electron chi connectivity index (χ2n) is 24.9. The monoisotopic (exact) mass is 1080 g/mol. The maximum Gasteiger partial charge on any atom is 0.338 e. The van der Waals surface area contributed by atoms with E-state index in [9.17, 15) is 49.5 Å². The lowest BCUT2D eigenvalue weighted by Gasteiger charge is -2.62. The molecule has 0 aromatic rings. The minimum Gasteiger partial charge on any atom is -0.464 e. The number of esters is 4. The molecule has 2 heterocycles. The van der Waals surface area contributed by atoms with Gasteiger partial charge in [-0.25, -0.2) is 9.18 Å². The van der Waals surface area contributed by atoms with Crippen LogP contribution in [0.4, 0.5) is 4.39 Å². The molecule has 0 amide bonds. The summed E-state index contributed by atoms with van der Waals surface area (Å²) in [5, 5.41) is 60.5. The lowest BCUT2D eigenvalue weighted by Crippen LogP contribution is -2.69. The Morgan fingerprint density at radius 1 is 0.921 bits per heavy atom. The standard InChI is InChI=1S/C57H91FN2O16/c1-16-43-55(12,69)47(65)35(7)60(15)31(3)28-54(11,68)48(76-50-46(73-36(8)61)41(59(13)14)26-32(4)72-50)33(5)45(34(6)49(66)74-43)75-44(64)19-17-18-24-71-51(67)57(70)30(2)25-40-39-21-20-37-27-38(62)22-23-52(37,9)56(39,58)42(63)29-53(40,57)10/h22-23,27,30-35,39-43,45-48,50,63,65,68-70H,16-21,24-26,28-29H2,1-15H3/t30-,31-,32-,33+,34-,35-,39?,40?,41-,42+,43-,45+,46-,47-,48-,50+,52+,53+,54?,55-,56+,57+/m1/s1. The number of cyclic esters (lactones) is 1. The number of carbonyl (C=O) groups is 5. The van der Waals surface area contributed by atoms with Crippen molar-refractivity contribution in [3.05, 3.63) is 23.8 Å². The minimum absolute atomic E-state index is 0.00882. The van der Waals surface area contributed by atoms with E-state index >= 15 is 4.39 Å². The number of aliphatic hydroxyl groups excluding tert-OH is 2. The first-order chi connectivity index (χ1) is 35.1. The van der Waals surface area contributed by atoms with Crippen molar-refractivity contribution in [1.29, 1.82) is 0 Å². The summed E-state index contributed by atoms with van der Waals surface area (Å²) in [5.41, 5.74) is -9.79. The van der Waals surface area contributed by atoms with Gasteiger partial charge in [0.25, 0.3) is 0 Å². The third kappa shape index (κ3) is 11.1. The van der Waals surface area contributed by atoms with Gasteiger partial charge in [0.15, 0.2) is 29.4 Å². The van der Waals surface area contributed by atoms with Gasteiger partial charge in [-0.15, -0.1) is 0 Å². The number of hydrogen-bond acceptors (Lipinski definition) is 18. The van der Waals surface area contributed by atoms with E-state index in [0.29, 0.717) is 31.3 Å². The molecule has 2 saturated heterocycles. The first kappa shape index (κ1) is 61.8. The number of carbonyl (C=O) groups excluding carboxylic acids is 5. The Kier molecular flexibility index (Phi) is 18.7. The van der Waals surface area contributed by atoms with E-state index in [4.69, 9.17) is 28.4 Å². The largest absolute Gasteiger partial charge is 0.464 e. The van der Waals surface area contributed by atoms with Gasteiger partial charge in [0.2, 0.25) is 0 Å². The first-order valence-electron chi connectivity index (χ1n) is 27.8. The molecule has 18 nitrogen and oxygen atoms in total. The van der Waals surface area contributed by atoms with Crippen molar-refractivity contribution in [3.8, 4) is 0 Å². The van der Waals surface area contributed by atoms with Gasteiger partial charge in [0.05, 0.1) is 42.5 Å². The molecule has 22 atom stereocenters. The number of aliphatic hydroxyl groups is 5. The number of rotatable bonds is 12. The smallest absolute Gasteiger partial charge is 0.338 e. The van der Waals surface area contributed by atoms with Crippen LogP contribution in [-0.2, 0) is 52.4 Å². The molecule has 432 valence electrons. The van der Waals surface area contributed by atoms with Crippen LogP contribution in [0.2, 0.25) is 0 Å². The van der Waals surface area contributed by atoms with E-state index in [0.717, 1.165) is 0 Å². The fourth-order valence-corrected chi connectivity index (χ4v) is 14.8. The summed E-state index contributed by atoms with van der Waals surface area (Å²) in [6, 6.07) is -1.54. The molecule has 0 spiro atoms. The van der Waals surface area contributed by atoms with Gasteiger partial charge in [0.1, 0.15) is 23.9 Å². The lowest BCUT2D eigenvalue weighted by atomic mass is 9.45. The molecule has 3 saturated carbocycles. The molecule has 5 N–H and O–H groups in total. The predicted octanol–water partition coefficient (Wildman–Crippen LogP) is 4.91. The Morgan fingerprint density at radius 2 is 1.58 bits per heavy atom. The van der Waals surface area contributed by atoms with Crippen LogP contribution in [0.5, 0.6) is 0 Å². The van der Waals surface area contributed by atoms with Crippen LogP contribution in [0, 0.1) is 40.4 Å². The summed E-state index contributed by atoms with van der Waals surface area (Å²) >= 11 is 0. The lowest BCUT2D eigenvalue weighted by molar-refractivity contribution is -0.302. The van der Waals surface area contributed by atoms with Crippen molar-refractivity contribution < 1.29 is 82.3 Å². The van der Waals surface area contributed by atoms with E-state index in [-0.39, 0.29) is 63.1 Å². The number of unbranched alkanes of at least 4 members (excludes halogenated alkanes) is 1. The molecule has 6 rings (SSSR count). The highest BCUT2D eigenvalue weighted by molar-refractivity contribution is 6.01. The zero-order chi connectivity index (χ0) is 57.0. The third-order valence-electron chi connectivity index (χ3n) is 19.5. The highest BCUT2D eigenvalue weighted by Gasteiger charge is 2.76. The van der Waals surface area contributed by atoms with Crippen LogP contribution in [0.25, 0.3) is 0 Å². The van der Waals surface area contributed by atoms with Gasteiger partial charge < -0.3 is 58.9 Å². The molecule has 2 aliphatic heterocycles. The SMILES string of the molecule is CC[C@H]1OC(=O)[C@H](C)[C@@H](OC(=O)CCCCOC(=O)[C@@]2(O)[C@H](C)CC3C4CCC5=CC(=O)C=C[C@]5(C)[C@@]4(F)[C@@H](O)C[C@@]32C)[C@H](C)[C@@H](O[C@@H]2O[C@H](C)C[C@@H](N(C)C)[C@H]2OC(C)=O)C(C)(O)C[C@@H](C)N(C)[C@H](C)[C@@H](O)[C@]1(C)O. The molecule has 4 aliphatic carbocycles. The van der Waals surface area contributed by atoms with Gasteiger partial charge in [-0.05, 0) is 151 Å². The number of likely N-dealkylation sites (N-methyl/N-ethyl adjacent to an activating group) is 2. The Bertz CT molecular complexity index is 2210. The van der Waals surface area contributed by atoms with Crippen LogP contribution in [0.1, 0.15) is 147 Å². The second-order valence-corrected chi connectivity index (χ2v) is 24.9. The Morgan fingerprint density at radius 3 is 2.20 bits per heavy atom. The fourth-order valence-electron chi connectivity index (χ4n) is 14.8. The summed E-state index contributed by atoms with van der Waals surface area (Å²) < 4.78 is 54.8. The molecular formula is C57H91FN2O16. The average molecular weight is 1080 g/mol. The van der Waals surface area contributed by atoms with Crippen LogP contribution in [0.15, 0.2) is 23.8 Å². The molecule has 0 radical (unpaired) electrons. The number of halogens is 1. The van der Waals surface area contributed by atoms with E-state index < -0.39 is 142 Å². The summed E-state index contributed by atoms with van der Waals surface area (Å²) in [5.74, 6) is -7.39. The van der Waals surface area contributed by atoms with E-state index in [1.54, 1.807) is 66.5 Å². The van der Waals surface area contributed by atoms with Crippen LogP contribution in [0.3, 0.4) is 0 Å². The van der Waals surface area contributed by atoms with Crippen LogP contribution >= 0.6 is 0 Å². The predicted molar refractivity (Wildman–Crippen MR) is 276 cm³/mol. The van der Waals surface area contributed by atoms with Crippen LogP contribution in [-0.4, -0.2) is 182 Å². The van der Waals surface area contributed by atoms with E-state index in [1.807, 2.05) is 32.8 Å². The van der Waals surface area contributed by atoms with Crippen molar-refractivity contribution in [3.63, 3.8) is 0 Å². The zero-order valence-electron chi connectivity index (χ0n) is 47.7. The number of fused-ring (bicyclic) bond motifs is 5. The summed E-state index contributed by atoms with van der Waals surface area (Å²) in [4.78, 5) is 71.2. The first-order valence-corrected chi connectivity index (χ1v) is 27.8. The van der Waals surface area contributed by atoms with Gasteiger partial charge in [-0.2, -0.15) is 0 Å². The number of alkyl halides is 1. The molecule has 6 aliphatic rings. The Balaban J connectivity index is 1.22. The van der Waals surface area contributed by atoms with Crippen molar-refractivity contribution >= 4 is 29.7 Å². The van der Waals surface area contributed by atoms with Gasteiger partial charge in [-0.3, -0.25) is 24.1 Å². The van der Waals surface area contributed by atoms with Gasteiger partial charge in [0, 0.05) is 48.1 Å². The summed E-state index contributed by atoms with van der Waals surface area (Å²) in [6.07, 6.45) is -3.44. The number of nitrogens with zero attached hydrogens (tertiary/aromatic N) is 2. The zero-order valence-corrected chi connectivity index (χ0v) is 47.7. The number of ketones is 1. The highest BCUT2D eigenvalue weighted by Crippen LogP contribution is 2.70.